The Balaban J connectivity index is 3.22. The van der Waals surface area contributed by atoms with Crippen molar-refractivity contribution in [2.45, 2.75) is 45.4 Å². The van der Waals surface area contributed by atoms with Crippen LogP contribution < -0.4 is 0 Å². The van der Waals surface area contributed by atoms with E-state index >= 15 is 0 Å². The summed E-state index contributed by atoms with van der Waals surface area (Å²) in [5.74, 6) is 0. The molecule has 0 aliphatic rings. The minimum atomic E-state index is -0.553. The smallest absolute Gasteiger partial charge is 0.116 e. The van der Waals surface area contributed by atoms with Crippen LogP contribution in [0.4, 0.5) is 0 Å². The van der Waals surface area contributed by atoms with Crippen LogP contribution in [0, 0.1) is 11.3 Å². The molecule has 0 unspecified atom stereocenters. The van der Waals surface area contributed by atoms with E-state index < -0.39 is 5.41 Å². The number of nitrogens with zero attached hydrogens (tertiary/aromatic N) is 3. The molecule has 15 heavy (non-hydrogen) atoms. The van der Waals surface area contributed by atoms with Gasteiger partial charge in [0.15, 0.2) is 0 Å². The summed E-state index contributed by atoms with van der Waals surface area (Å²) in [7, 11) is 0. The van der Waals surface area contributed by atoms with E-state index in [-0.39, 0.29) is 5.41 Å². The van der Waals surface area contributed by atoms with Gasteiger partial charge in [-0.05, 0) is 19.9 Å². The molecule has 0 fully saturated rings. The third-order valence-electron chi connectivity index (χ3n) is 2.36. The maximum Gasteiger partial charge on any atom is 0.116 e. The van der Waals surface area contributed by atoms with Crippen molar-refractivity contribution in [2.24, 2.45) is 0 Å². The van der Waals surface area contributed by atoms with Gasteiger partial charge in [-0.2, -0.15) is 5.26 Å². The van der Waals surface area contributed by atoms with E-state index in [1.165, 1.54) is 6.33 Å². The Morgan fingerprint density at radius 2 is 1.60 bits per heavy atom. The van der Waals surface area contributed by atoms with Crippen LogP contribution in [0.5, 0.6) is 0 Å². The van der Waals surface area contributed by atoms with Gasteiger partial charge in [0.1, 0.15) is 6.33 Å². The summed E-state index contributed by atoms with van der Waals surface area (Å²) in [6, 6.07) is 4.17. The van der Waals surface area contributed by atoms with Crippen molar-refractivity contribution in [3.8, 4) is 6.07 Å². The van der Waals surface area contributed by atoms with Crippen molar-refractivity contribution in [1.82, 2.24) is 9.97 Å². The number of aromatic nitrogens is 2. The van der Waals surface area contributed by atoms with Crippen molar-refractivity contribution in [1.29, 1.82) is 5.26 Å². The first-order valence-electron chi connectivity index (χ1n) is 5.01. The van der Waals surface area contributed by atoms with E-state index in [1.54, 1.807) is 0 Å². The molecule has 0 radical (unpaired) electrons. The molecule has 0 atom stereocenters. The van der Waals surface area contributed by atoms with Crippen molar-refractivity contribution < 1.29 is 0 Å². The monoisotopic (exact) mass is 203 g/mol. The van der Waals surface area contributed by atoms with Gasteiger partial charge >= 0.3 is 0 Å². The minimum absolute atomic E-state index is 0.0107. The lowest BCUT2D eigenvalue weighted by Gasteiger charge is -2.20. The summed E-state index contributed by atoms with van der Waals surface area (Å²) < 4.78 is 0. The van der Waals surface area contributed by atoms with Crippen LogP contribution >= 0.6 is 0 Å². The Kier molecular flexibility index (Phi) is 2.81. The molecule has 1 aromatic rings. The van der Waals surface area contributed by atoms with Crippen molar-refractivity contribution in [3.05, 3.63) is 23.8 Å². The van der Waals surface area contributed by atoms with E-state index in [1.807, 2.05) is 19.9 Å². The average molecular weight is 203 g/mol. The molecule has 0 aliphatic heterocycles. The van der Waals surface area contributed by atoms with E-state index in [0.717, 1.165) is 11.4 Å². The van der Waals surface area contributed by atoms with Crippen LogP contribution in [0.15, 0.2) is 12.4 Å². The summed E-state index contributed by atoms with van der Waals surface area (Å²) in [6.07, 6.45) is 1.54. The van der Waals surface area contributed by atoms with Crippen LogP contribution in [0.2, 0.25) is 0 Å². The van der Waals surface area contributed by atoms with Gasteiger partial charge in [0.05, 0.1) is 17.2 Å². The maximum atomic E-state index is 9.03. The lowest BCUT2D eigenvalue weighted by Crippen LogP contribution is -2.20. The topological polar surface area (TPSA) is 49.6 Å². The molecule has 0 saturated heterocycles. The molecule has 0 spiro atoms. The highest BCUT2D eigenvalue weighted by Crippen LogP contribution is 2.25. The van der Waals surface area contributed by atoms with E-state index in [9.17, 15) is 0 Å². The molecular weight excluding hydrogens is 186 g/mol. The largest absolute Gasteiger partial charge is 0.241 e. The SMILES string of the molecule is CC(C)(C)c1cc(C(C)(C)C#N)ncn1. The summed E-state index contributed by atoms with van der Waals surface area (Å²) in [5, 5.41) is 9.03. The Labute approximate surface area is 91.2 Å². The molecule has 1 rings (SSSR count). The first-order valence-corrected chi connectivity index (χ1v) is 5.01. The van der Waals surface area contributed by atoms with Crippen molar-refractivity contribution in [2.75, 3.05) is 0 Å². The molecule has 80 valence electrons. The highest BCUT2D eigenvalue weighted by Gasteiger charge is 2.24. The molecule has 1 aromatic heterocycles. The van der Waals surface area contributed by atoms with Crippen molar-refractivity contribution >= 4 is 0 Å². The molecule has 3 heteroatoms. The predicted molar refractivity (Wildman–Crippen MR) is 59.4 cm³/mol. The highest BCUT2D eigenvalue weighted by atomic mass is 14.9. The first-order chi connectivity index (χ1) is 6.77. The van der Waals surface area contributed by atoms with E-state index in [0.29, 0.717) is 0 Å². The zero-order valence-corrected chi connectivity index (χ0v) is 10.00. The number of rotatable bonds is 1. The van der Waals surface area contributed by atoms with Gasteiger partial charge in [-0.25, -0.2) is 9.97 Å². The average Bonchev–Trinajstić information content (AvgIpc) is 2.17. The van der Waals surface area contributed by atoms with Crippen LogP contribution in [0.1, 0.15) is 46.0 Å². The fourth-order valence-corrected chi connectivity index (χ4v) is 1.17. The third-order valence-corrected chi connectivity index (χ3v) is 2.36. The molecule has 0 amide bonds. The van der Waals surface area contributed by atoms with Crippen LogP contribution in [-0.4, -0.2) is 9.97 Å². The fourth-order valence-electron chi connectivity index (χ4n) is 1.17. The molecule has 0 N–H and O–H groups in total. The van der Waals surface area contributed by atoms with Crippen molar-refractivity contribution in [3.63, 3.8) is 0 Å². The second-order valence-electron chi connectivity index (χ2n) is 5.28. The van der Waals surface area contributed by atoms with E-state index in [4.69, 9.17) is 5.26 Å². The lowest BCUT2D eigenvalue weighted by molar-refractivity contribution is 0.557. The second-order valence-corrected chi connectivity index (χ2v) is 5.28. The maximum absolute atomic E-state index is 9.03. The van der Waals surface area contributed by atoms with Gasteiger partial charge in [0.25, 0.3) is 0 Å². The zero-order valence-electron chi connectivity index (χ0n) is 10.00. The minimum Gasteiger partial charge on any atom is -0.241 e. The Hall–Kier alpha value is -1.43. The molecule has 0 aliphatic carbocycles. The van der Waals surface area contributed by atoms with Gasteiger partial charge in [-0.15, -0.1) is 0 Å². The summed E-state index contributed by atoms with van der Waals surface area (Å²) >= 11 is 0. The fraction of sp³-hybridized carbons (Fsp3) is 0.583. The number of hydrogen-bond acceptors (Lipinski definition) is 3. The predicted octanol–water partition coefficient (Wildman–Crippen LogP) is 2.58. The quantitative estimate of drug-likeness (QED) is 0.704. The van der Waals surface area contributed by atoms with E-state index in [2.05, 4.69) is 36.8 Å². The number of hydrogen-bond donors (Lipinski definition) is 0. The highest BCUT2D eigenvalue weighted by molar-refractivity contribution is 5.26. The molecule has 1 heterocycles. The van der Waals surface area contributed by atoms with Crippen LogP contribution in [0.3, 0.4) is 0 Å². The van der Waals surface area contributed by atoms with Crippen LogP contribution in [-0.2, 0) is 10.8 Å². The molecule has 3 nitrogen and oxygen atoms in total. The summed E-state index contributed by atoms with van der Waals surface area (Å²) in [6.45, 7) is 10.0. The van der Waals surface area contributed by atoms with Gasteiger partial charge in [0, 0.05) is 11.1 Å². The van der Waals surface area contributed by atoms with Gasteiger partial charge in [-0.3, -0.25) is 0 Å². The first kappa shape index (κ1) is 11.6. The number of nitriles is 1. The third kappa shape index (κ3) is 2.53. The molecule has 0 bridgehead atoms. The molecule has 0 aromatic carbocycles. The van der Waals surface area contributed by atoms with Crippen LogP contribution in [0.25, 0.3) is 0 Å². The second kappa shape index (κ2) is 3.62. The Morgan fingerprint density at radius 1 is 1.07 bits per heavy atom. The standard InChI is InChI=1S/C12H17N3/c1-11(2,3)9-6-10(15-8-14-9)12(4,5)7-13/h6,8H,1-5H3. The zero-order chi connectivity index (χ0) is 11.7. The normalized spacial score (nSPS) is 12.3. The van der Waals surface area contributed by atoms with Gasteiger partial charge in [0.2, 0.25) is 0 Å². The molecular formula is C12H17N3. The summed E-state index contributed by atoms with van der Waals surface area (Å²) in [4.78, 5) is 8.40. The molecule has 0 saturated carbocycles. The van der Waals surface area contributed by atoms with Gasteiger partial charge < -0.3 is 0 Å². The summed E-state index contributed by atoms with van der Waals surface area (Å²) in [5.41, 5.74) is 1.19. The van der Waals surface area contributed by atoms with Gasteiger partial charge in [-0.1, -0.05) is 20.8 Å². The lowest BCUT2D eigenvalue weighted by atomic mass is 9.86. The Bertz CT molecular complexity index is 394. The Morgan fingerprint density at radius 3 is 2.07 bits per heavy atom.